The van der Waals surface area contributed by atoms with E-state index in [0.717, 1.165) is 30.3 Å². The van der Waals surface area contributed by atoms with Crippen LogP contribution in [-0.2, 0) is 10.0 Å². The molecule has 0 bridgehead atoms. The molecule has 0 radical (unpaired) electrons. The Morgan fingerprint density at radius 3 is 2.48 bits per heavy atom. The SMILES string of the molecule is Cc1cc(C(=O)O)c(O)c(S(=O)(=O)Nc2ccc(F)cc2Cl)c1. The summed E-state index contributed by atoms with van der Waals surface area (Å²) in [6.07, 6.45) is 0. The number of carbonyl (C=O) groups is 1. The van der Waals surface area contributed by atoms with Gasteiger partial charge < -0.3 is 10.2 Å². The van der Waals surface area contributed by atoms with Crippen molar-refractivity contribution < 1.29 is 27.8 Å². The summed E-state index contributed by atoms with van der Waals surface area (Å²) < 4.78 is 39.8. The van der Waals surface area contributed by atoms with Crippen LogP contribution in [0.15, 0.2) is 35.2 Å². The molecule has 2 aromatic rings. The highest BCUT2D eigenvalue weighted by Crippen LogP contribution is 2.32. The van der Waals surface area contributed by atoms with Crippen LogP contribution in [0.3, 0.4) is 0 Å². The summed E-state index contributed by atoms with van der Waals surface area (Å²) in [4.78, 5) is 10.4. The maximum absolute atomic E-state index is 13.0. The Hall–Kier alpha value is -2.32. The molecular weight excluding hydrogens is 349 g/mol. The second kappa shape index (κ2) is 6.05. The number of phenols is 1. The molecule has 0 saturated carbocycles. The molecular formula is C14H11ClFNO5S. The normalized spacial score (nSPS) is 11.3. The van der Waals surface area contributed by atoms with Crippen LogP contribution in [0.25, 0.3) is 0 Å². The summed E-state index contributed by atoms with van der Waals surface area (Å²) in [7, 11) is -4.33. The van der Waals surface area contributed by atoms with E-state index < -0.39 is 38.0 Å². The van der Waals surface area contributed by atoms with Crippen molar-refractivity contribution in [1.82, 2.24) is 0 Å². The summed E-state index contributed by atoms with van der Waals surface area (Å²) in [6.45, 7) is 1.48. The molecule has 0 aromatic heterocycles. The molecule has 0 aliphatic heterocycles. The highest BCUT2D eigenvalue weighted by atomic mass is 35.5. The van der Waals surface area contributed by atoms with Crippen molar-refractivity contribution in [2.24, 2.45) is 0 Å². The van der Waals surface area contributed by atoms with Crippen LogP contribution in [0.2, 0.25) is 5.02 Å². The highest BCUT2D eigenvalue weighted by molar-refractivity contribution is 7.92. The first-order valence-electron chi connectivity index (χ1n) is 6.16. The van der Waals surface area contributed by atoms with Crippen LogP contribution >= 0.6 is 11.6 Å². The molecule has 3 N–H and O–H groups in total. The molecule has 0 atom stereocenters. The molecule has 0 saturated heterocycles. The summed E-state index contributed by atoms with van der Waals surface area (Å²) in [6, 6.07) is 5.28. The van der Waals surface area contributed by atoms with Crippen LogP contribution in [0.4, 0.5) is 10.1 Å². The summed E-state index contributed by atoms with van der Waals surface area (Å²) >= 11 is 5.75. The second-order valence-corrected chi connectivity index (χ2v) is 6.75. The minimum absolute atomic E-state index is 0.106. The van der Waals surface area contributed by atoms with Crippen molar-refractivity contribution >= 4 is 33.3 Å². The molecule has 0 amide bonds. The number of benzene rings is 2. The van der Waals surface area contributed by atoms with E-state index in [-0.39, 0.29) is 10.7 Å². The average molecular weight is 360 g/mol. The number of aromatic carboxylic acids is 1. The molecule has 122 valence electrons. The van der Waals surface area contributed by atoms with Crippen LogP contribution in [-0.4, -0.2) is 24.6 Å². The molecule has 0 aliphatic rings. The fourth-order valence-corrected chi connectivity index (χ4v) is 3.44. The first-order chi connectivity index (χ1) is 10.6. The maximum Gasteiger partial charge on any atom is 0.339 e. The van der Waals surface area contributed by atoms with Gasteiger partial charge in [0.25, 0.3) is 10.0 Å². The first kappa shape index (κ1) is 17.0. The predicted molar refractivity (Wildman–Crippen MR) is 82.0 cm³/mol. The second-order valence-electron chi connectivity index (χ2n) is 4.69. The maximum atomic E-state index is 13.0. The standard InChI is InChI=1S/C14H11ClFNO5S/c1-7-4-9(14(19)20)13(18)12(5-7)23(21,22)17-11-3-2-8(16)6-10(11)15/h2-6,17-18H,1H3,(H,19,20). The zero-order chi connectivity index (χ0) is 17.4. The van der Waals surface area contributed by atoms with Gasteiger partial charge in [-0.1, -0.05) is 11.6 Å². The molecule has 23 heavy (non-hydrogen) atoms. The number of carboxylic acids is 1. The van der Waals surface area contributed by atoms with E-state index in [1.807, 2.05) is 0 Å². The summed E-state index contributed by atoms with van der Waals surface area (Å²) in [5.74, 6) is -3.01. The Kier molecular flexibility index (Phi) is 4.49. The zero-order valence-electron chi connectivity index (χ0n) is 11.7. The van der Waals surface area contributed by atoms with Gasteiger partial charge in [0.15, 0.2) is 5.75 Å². The minimum atomic E-state index is -4.33. The number of nitrogens with one attached hydrogen (secondary N) is 1. The Balaban J connectivity index is 2.54. The van der Waals surface area contributed by atoms with Crippen LogP contribution < -0.4 is 4.72 Å². The van der Waals surface area contributed by atoms with Crippen molar-refractivity contribution in [2.75, 3.05) is 4.72 Å². The molecule has 0 heterocycles. The number of anilines is 1. The van der Waals surface area contributed by atoms with Gasteiger partial charge in [0.05, 0.1) is 10.7 Å². The third-order valence-electron chi connectivity index (χ3n) is 2.91. The molecule has 0 fully saturated rings. The fourth-order valence-electron chi connectivity index (χ4n) is 1.89. The van der Waals surface area contributed by atoms with E-state index in [9.17, 15) is 22.7 Å². The van der Waals surface area contributed by atoms with Gasteiger partial charge in [-0.3, -0.25) is 4.72 Å². The Morgan fingerprint density at radius 2 is 1.91 bits per heavy atom. The monoisotopic (exact) mass is 359 g/mol. The van der Waals surface area contributed by atoms with Gasteiger partial charge in [0.2, 0.25) is 0 Å². The number of halogens is 2. The first-order valence-corrected chi connectivity index (χ1v) is 8.02. The molecule has 0 unspecified atom stereocenters. The fraction of sp³-hybridized carbons (Fsp3) is 0.0714. The van der Waals surface area contributed by atoms with Gasteiger partial charge in [-0.25, -0.2) is 17.6 Å². The van der Waals surface area contributed by atoms with Crippen molar-refractivity contribution in [3.8, 4) is 5.75 Å². The van der Waals surface area contributed by atoms with Crippen LogP contribution in [0.5, 0.6) is 5.75 Å². The Morgan fingerprint density at radius 1 is 1.26 bits per heavy atom. The van der Waals surface area contributed by atoms with Gasteiger partial charge in [0, 0.05) is 0 Å². The lowest BCUT2D eigenvalue weighted by Gasteiger charge is -2.13. The number of aromatic hydroxyl groups is 1. The van der Waals surface area contributed by atoms with Gasteiger partial charge in [-0.2, -0.15) is 0 Å². The third kappa shape index (κ3) is 3.54. The number of rotatable bonds is 4. The number of hydrogen-bond donors (Lipinski definition) is 3. The number of sulfonamides is 1. The Bertz CT molecular complexity index is 898. The zero-order valence-corrected chi connectivity index (χ0v) is 13.2. The Labute approximate surface area is 136 Å². The van der Waals surface area contributed by atoms with Crippen LogP contribution in [0, 0.1) is 12.7 Å². The van der Waals surface area contributed by atoms with Gasteiger partial charge in [-0.05, 0) is 42.8 Å². The van der Waals surface area contributed by atoms with Crippen molar-refractivity contribution in [2.45, 2.75) is 11.8 Å². The van der Waals surface area contributed by atoms with Gasteiger partial charge >= 0.3 is 5.97 Å². The van der Waals surface area contributed by atoms with Gasteiger partial charge in [-0.15, -0.1) is 0 Å². The van der Waals surface area contributed by atoms with E-state index >= 15 is 0 Å². The lowest BCUT2D eigenvalue weighted by molar-refractivity contribution is 0.0693. The number of hydrogen-bond acceptors (Lipinski definition) is 4. The van der Waals surface area contributed by atoms with E-state index in [2.05, 4.69) is 4.72 Å². The smallest absolute Gasteiger partial charge is 0.339 e. The lowest BCUT2D eigenvalue weighted by Crippen LogP contribution is -2.15. The molecule has 0 aliphatic carbocycles. The van der Waals surface area contributed by atoms with Crippen molar-refractivity contribution in [1.29, 1.82) is 0 Å². The summed E-state index contributed by atoms with van der Waals surface area (Å²) in [5, 5.41) is 18.7. The quantitative estimate of drug-likeness (QED) is 0.778. The number of carboxylic acid groups (broad SMARTS) is 1. The molecule has 2 rings (SSSR count). The van der Waals surface area contributed by atoms with E-state index in [0.29, 0.717) is 5.56 Å². The van der Waals surface area contributed by atoms with E-state index in [1.54, 1.807) is 0 Å². The van der Waals surface area contributed by atoms with Gasteiger partial charge in [0.1, 0.15) is 16.3 Å². The molecule has 9 heteroatoms. The summed E-state index contributed by atoms with van der Waals surface area (Å²) in [5.41, 5.74) is -0.327. The van der Waals surface area contributed by atoms with E-state index in [1.165, 1.54) is 6.92 Å². The topological polar surface area (TPSA) is 104 Å². The van der Waals surface area contributed by atoms with Crippen LogP contribution in [0.1, 0.15) is 15.9 Å². The largest absolute Gasteiger partial charge is 0.506 e. The highest BCUT2D eigenvalue weighted by Gasteiger charge is 2.25. The predicted octanol–water partition coefficient (Wildman–Crippen LogP) is 2.99. The minimum Gasteiger partial charge on any atom is -0.506 e. The number of aryl methyl sites for hydroxylation is 1. The van der Waals surface area contributed by atoms with Crippen molar-refractivity contribution in [3.63, 3.8) is 0 Å². The molecule has 6 nitrogen and oxygen atoms in total. The molecule has 2 aromatic carbocycles. The lowest BCUT2D eigenvalue weighted by atomic mass is 10.1. The van der Waals surface area contributed by atoms with E-state index in [4.69, 9.17) is 16.7 Å². The molecule has 0 spiro atoms. The van der Waals surface area contributed by atoms with Crippen molar-refractivity contribution in [3.05, 3.63) is 52.3 Å². The average Bonchev–Trinajstić information content (AvgIpc) is 2.43. The third-order valence-corrected chi connectivity index (χ3v) is 4.61.